The molecule has 1 spiro atoms. The third-order valence-corrected chi connectivity index (χ3v) is 2.76. The second kappa shape index (κ2) is 1.88. The fourth-order valence-electron chi connectivity index (χ4n) is 1.65. The van der Waals surface area contributed by atoms with Gasteiger partial charge in [0, 0.05) is 6.21 Å². The van der Waals surface area contributed by atoms with Gasteiger partial charge >= 0.3 is 0 Å². The molecule has 1 fully saturated rings. The second-order valence-electron chi connectivity index (χ2n) is 3.42. The summed E-state index contributed by atoms with van der Waals surface area (Å²) in [6.45, 7) is 0. The Morgan fingerprint density at radius 1 is 1.33 bits per heavy atom. The zero-order valence-electron chi connectivity index (χ0n) is 6.42. The molecule has 12 heavy (non-hydrogen) atoms. The molecule has 3 heteroatoms. The summed E-state index contributed by atoms with van der Waals surface area (Å²) in [5, 5.41) is 0.575. The fourth-order valence-corrected chi connectivity index (χ4v) is 1.80. The van der Waals surface area contributed by atoms with Crippen LogP contribution < -0.4 is 0 Å². The van der Waals surface area contributed by atoms with Gasteiger partial charge in [0.25, 0.3) is 0 Å². The van der Waals surface area contributed by atoms with Crippen molar-refractivity contribution in [3.63, 3.8) is 0 Å². The maximum atomic E-state index is 5.81. The zero-order chi connectivity index (χ0) is 8.18. The third kappa shape index (κ3) is 0.707. The minimum atomic E-state index is 0.181. The van der Waals surface area contributed by atoms with E-state index in [9.17, 15) is 0 Å². The van der Waals surface area contributed by atoms with Gasteiger partial charge in [-0.1, -0.05) is 11.6 Å². The van der Waals surface area contributed by atoms with E-state index in [4.69, 9.17) is 11.6 Å². The van der Waals surface area contributed by atoms with E-state index in [0.29, 0.717) is 5.15 Å². The number of hydrogen-bond acceptors (Lipinski definition) is 2. The molecule has 0 N–H and O–H groups in total. The van der Waals surface area contributed by atoms with Crippen molar-refractivity contribution in [2.45, 2.75) is 18.3 Å². The number of aromatic nitrogens is 1. The van der Waals surface area contributed by atoms with E-state index in [0.717, 1.165) is 11.4 Å². The average Bonchev–Trinajstić information content (AvgIpc) is 2.74. The Morgan fingerprint density at radius 2 is 2.17 bits per heavy atom. The zero-order valence-corrected chi connectivity index (χ0v) is 7.17. The van der Waals surface area contributed by atoms with E-state index in [1.165, 1.54) is 12.8 Å². The molecule has 2 aliphatic rings. The monoisotopic (exact) mass is 178 g/mol. The lowest BCUT2D eigenvalue weighted by atomic mass is 10.1. The molecule has 1 aliphatic carbocycles. The predicted molar refractivity (Wildman–Crippen MR) is 48.3 cm³/mol. The van der Waals surface area contributed by atoms with E-state index in [2.05, 4.69) is 9.98 Å². The van der Waals surface area contributed by atoms with Gasteiger partial charge in [0.15, 0.2) is 0 Å². The van der Waals surface area contributed by atoms with Crippen molar-refractivity contribution in [1.82, 2.24) is 4.98 Å². The van der Waals surface area contributed by atoms with Gasteiger partial charge in [0.1, 0.15) is 5.15 Å². The van der Waals surface area contributed by atoms with Crippen molar-refractivity contribution in [3.8, 4) is 0 Å². The summed E-state index contributed by atoms with van der Waals surface area (Å²) in [5.74, 6) is 0. The van der Waals surface area contributed by atoms with Crippen molar-refractivity contribution in [2.24, 2.45) is 4.99 Å². The van der Waals surface area contributed by atoms with Gasteiger partial charge in [0.05, 0.1) is 16.8 Å². The highest BCUT2D eigenvalue weighted by atomic mass is 35.5. The van der Waals surface area contributed by atoms with Crippen molar-refractivity contribution >= 4 is 23.5 Å². The molecule has 1 saturated carbocycles. The number of fused-ring (bicyclic) bond motifs is 2. The van der Waals surface area contributed by atoms with Gasteiger partial charge in [-0.25, -0.2) is 4.98 Å². The van der Waals surface area contributed by atoms with E-state index in [1.807, 2.05) is 12.3 Å². The molecule has 0 radical (unpaired) electrons. The lowest BCUT2D eigenvalue weighted by Gasteiger charge is -2.03. The van der Waals surface area contributed by atoms with Crippen molar-refractivity contribution in [3.05, 3.63) is 23.0 Å². The smallest absolute Gasteiger partial charge is 0.129 e. The van der Waals surface area contributed by atoms with E-state index in [-0.39, 0.29) is 5.41 Å². The first-order valence-electron chi connectivity index (χ1n) is 4.02. The van der Waals surface area contributed by atoms with Crippen LogP contribution in [0.2, 0.25) is 5.15 Å². The second-order valence-corrected chi connectivity index (χ2v) is 3.80. The van der Waals surface area contributed by atoms with Crippen molar-refractivity contribution in [2.75, 3.05) is 0 Å². The van der Waals surface area contributed by atoms with Gasteiger partial charge in [-0.15, -0.1) is 0 Å². The predicted octanol–water partition coefficient (Wildman–Crippen LogP) is 2.48. The lowest BCUT2D eigenvalue weighted by Crippen LogP contribution is -2.05. The Morgan fingerprint density at radius 3 is 2.92 bits per heavy atom. The Kier molecular flexibility index (Phi) is 1.04. The molecule has 1 aromatic rings. The topological polar surface area (TPSA) is 25.2 Å². The van der Waals surface area contributed by atoms with Gasteiger partial charge in [-0.2, -0.15) is 0 Å². The third-order valence-electron chi connectivity index (χ3n) is 2.55. The van der Waals surface area contributed by atoms with Crippen molar-refractivity contribution in [1.29, 1.82) is 0 Å². The molecule has 0 amide bonds. The molecule has 0 aromatic carbocycles. The molecule has 3 rings (SSSR count). The number of pyridine rings is 1. The Bertz CT molecular complexity index is 380. The van der Waals surface area contributed by atoms with Crippen LogP contribution >= 0.6 is 11.6 Å². The molecule has 2 nitrogen and oxygen atoms in total. The van der Waals surface area contributed by atoms with Crippen LogP contribution in [0.3, 0.4) is 0 Å². The largest absolute Gasteiger partial charge is 0.258 e. The number of aliphatic imine (C=N–C) groups is 1. The van der Waals surface area contributed by atoms with Gasteiger partial charge in [0.2, 0.25) is 0 Å². The van der Waals surface area contributed by atoms with Crippen LogP contribution in [0.15, 0.2) is 17.1 Å². The molecule has 0 bridgehead atoms. The quantitative estimate of drug-likeness (QED) is 0.561. The first-order chi connectivity index (χ1) is 5.80. The molecular formula is C9H7ClN2. The standard InChI is InChI=1S/C9H7ClN2/c10-7-2-1-6-8(12-7)9(3-4-9)5-11-6/h1-2,5H,3-4H2. The number of hydrogen-bond donors (Lipinski definition) is 0. The van der Waals surface area contributed by atoms with Crippen LogP contribution in [-0.2, 0) is 5.41 Å². The van der Waals surface area contributed by atoms with Crippen LogP contribution in [0.25, 0.3) is 0 Å². The van der Waals surface area contributed by atoms with E-state index < -0.39 is 0 Å². The molecule has 0 saturated heterocycles. The average molecular weight is 179 g/mol. The highest BCUT2D eigenvalue weighted by molar-refractivity contribution is 6.29. The summed E-state index contributed by atoms with van der Waals surface area (Å²) >= 11 is 5.81. The Labute approximate surface area is 75.3 Å². The highest BCUT2D eigenvalue weighted by Crippen LogP contribution is 2.52. The molecule has 1 aliphatic heterocycles. The first kappa shape index (κ1) is 6.61. The Hall–Kier alpha value is -0.890. The van der Waals surface area contributed by atoms with E-state index in [1.54, 1.807) is 6.07 Å². The normalized spacial score (nSPS) is 21.4. The minimum absolute atomic E-state index is 0.181. The lowest BCUT2D eigenvalue weighted by molar-refractivity contribution is 0.935. The summed E-state index contributed by atoms with van der Waals surface area (Å²) in [5.41, 5.74) is 2.26. The summed E-state index contributed by atoms with van der Waals surface area (Å²) in [7, 11) is 0. The number of halogens is 1. The van der Waals surface area contributed by atoms with Gasteiger partial charge < -0.3 is 0 Å². The molecule has 0 atom stereocenters. The molecular weight excluding hydrogens is 172 g/mol. The fraction of sp³-hybridized carbons (Fsp3) is 0.333. The van der Waals surface area contributed by atoms with E-state index >= 15 is 0 Å². The maximum absolute atomic E-state index is 5.81. The SMILES string of the molecule is Clc1ccc2c(n1)C1(C=N2)CC1. The number of rotatable bonds is 0. The summed E-state index contributed by atoms with van der Waals surface area (Å²) in [6, 6.07) is 3.73. The minimum Gasteiger partial charge on any atom is -0.258 e. The summed E-state index contributed by atoms with van der Waals surface area (Å²) in [6.07, 6.45) is 4.37. The Balaban J connectivity index is 2.25. The molecule has 1 aromatic heterocycles. The first-order valence-corrected chi connectivity index (χ1v) is 4.40. The highest BCUT2D eigenvalue weighted by Gasteiger charge is 2.48. The summed E-state index contributed by atoms with van der Waals surface area (Å²) < 4.78 is 0. The molecule has 60 valence electrons. The van der Waals surface area contributed by atoms with Crippen LogP contribution in [0.5, 0.6) is 0 Å². The maximum Gasteiger partial charge on any atom is 0.129 e. The summed E-state index contributed by atoms with van der Waals surface area (Å²) in [4.78, 5) is 8.62. The van der Waals surface area contributed by atoms with Crippen molar-refractivity contribution < 1.29 is 0 Å². The van der Waals surface area contributed by atoms with Gasteiger partial charge in [-0.3, -0.25) is 4.99 Å². The van der Waals surface area contributed by atoms with Gasteiger partial charge in [-0.05, 0) is 25.0 Å². The molecule has 0 unspecified atom stereocenters. The van der Waals surface area contributed by atoms with Crippen LogP contribution in [0, 0.1) is 0 Å². The molecule has 2 heterocycles. The van der Waals surface area contributed by atoms with Crippen LogP contribution in [0.1, 0.15) is 18.5 Å². The van der Waals surface area contributed by atoms with Crippen LogP contribution in [0.4, 0.5) is 5.69 Å². The van der Waals surface area contributed by atoms with Crippen LogP contribution in [-0.4, -0.2) is 11.2 Å². The number of nitrogens with zero attached hydrogens (tertiary/aromatic N) is 2.